The van der Waals surface area contributed by atoms with Crippen LogP contribution in [-0.2, 0) is 25.8 Å². The molecule has 1 heterocycles. The van der Waals surface area contributed by atoms with Crippen molar-refractivity contribution < 1.29 is 22.7 Å². The van der Waals surface area contributed by atoms with E-state index in [1.807, 2.05) is 18.2 Å². The summed E-state index contributed by atoms with van der Waals surface area (Å²) in [6.45, 7) is 2.93. The Morgan fingerprint density at radius 1 is 1.00 bits per heavy atom. The minimum atomic E-state index is -3.95. The van der Waals surface area contributed by atoms with Crippen LogP contribution in [0.2, 0.25) is 0 Å². The second kappa shape index (κ2) is 9.99. The monoisotopic (exact) mass is 479 g/mol. The van der Waals surface area contributed by atoms with Crippen LogP contribution in [0, 0.1) is 6.92 Å². The Hall–Kier alpha value is -3.16. The van der Waals surface area contributed by atoms with E-state index in [4.69, 9.17) is 15.2 Å². The molecule has 0 radical (unpaired) electrons. The topological polar surface area (TPSA) is 95.7 Å². The maximum Gasteiger partial charge on any atom is 0.239 e. The minimum Gasteiger partial charge on any atom is -0.493 e. The van der Waals surface area contributed by atoms with Crippen molar-refractivity contribution in [3.63, 3.8) is 0 Å². The molecule has 0 aromatic heterocycles. The first-order valence-electron chi connectivity index (χ1n) is 11.3. The highest BCUT2D eigenvalue weighted by Crippen LogP contribution is 2.35. The number of hydrogen-bond acceptors (Lipinski definition) is 5. The first-order valence-corrected chi connectivity index (χ1v) is 12.8. The van der Waals surface area contributed by atoms with Gasteiger partial charge >= 0.3 is 0 Å². The van der Waals surface area contributed by atoms with Crippen LogP contribution in [-0.4, -0.2) is 38.9 Å². The van der Waals surface area contributed by atoms with Gasteiger partial charge in [-0.1, -0.05) is 48.5 Å². The molecule has 1 fully saturated rings. The van der Waals surface area contributed by atoms with E-state index in [-0.39, 0.29) is 31.0 Å². The van der Waals surface area contributed by atoms with Crippen molar-refractivity contribution >= 4 is 15.7 Å². The lowest BCUT2D eigenvalue weighted by Crippen LogP contribution is -2.53. The molecule has 0 atom stereocenters. The molecule has 6 nitrogen and oxygen atoms in total. The molecule has 3 aromatic rings. The van der Waals surface area contributed by atoms with E-state index in [1.54, 1.807) is 12.1 Å². The fourth-order valence-electron chi connectivity index (χ4n) is 4.37. The first-order chi connectivity index (χ1) is 16.3. The van der Waals surface area contributed by atoms with Crippen LogP contribution in [0.5, 0.6) is 5.75 Å². The van der Waals surface area contributed by atoms with Crippen molar-refractivity contribution in [3.05, 3.63) is 83.9 Å². The summed E-state index contributed by atoms with van der Waals surface area (Å²) in [6.07, 6.45) is 0.833. The highest BCUT2D eigenvalue weighted by Gasteiger charge is 2.51. The third-order valence-electron chi connectivity index (χ3n) is 6.44. The number of carbonyl (C=O) groups excluding carboxylic acids is 1. The molecule has 0 bridgehead atoms. The van der Waals surface area contributed by atoms with Gasteiger partial charge in [-0.3, -0.25) is 4.79 Å². The second-order valence-electron chi connectivity index (χ2n) is 8.56. The normalized spacial score (nSPS) is 15.6. The average molecular weight is 480 g/mol. The van der Waals surface area contributed by atoms with Gasteiger partial charge in [0.05, 0.1) is 11.5 Å². The van der Waals surface area contributed by atoms with E-state index in [0.29, 0.717) is 18.8 Å². The summed E-state index contributed by atoms with van der Waals surface area (Å²) in [7, 11) is -3.95. The fraction of sp³-hybridized carbons (Fsp3) is 0.296. The van der Waals surface area contributed by atoms with Gasteiger partial charge in [0, 0.05) is 19.6 Å². The number of nitrogens with two attached hydrogens (primary N) is 1. The van der Waals surface area contributed by atoms with E-state index in [1.165, 1.54) is 28.8 Å². The Morgan fingerprint density at radius 3 is 2.38 bits per heavy atom. The van der Waals surface area contributed by atoms with Gasteiger partial charge in [-0.2, -0.15) is 0 Å². The number of benzene rings is 3. The molecule has 0 unspecified atom stereocenters. The minimum absolute atomic E-state index is 0.0600. The third-order valence-corrected chi connectivity index (χ3v) is 8.97. The zero-order valence-corrected chi connectivity index (χ0v) is 20.0. The van der Waals surface area contributed by atoms with Crippen molar-refractivity contribution in [1.82, 2.24) is 0 Å². The number of rotatable bonds is 8. The summed E-state index contributed by atoms with van der Waals surface area (Å²) in [5, 5.41) is 0. The molecule has 7 heteroatoms. The van der Waals surface area contributed by atoms with Gasteiger partial charge < -0.3 is 15.2 Å². The molecule has 4 rings (SSSR count). The summed E-state index contributed by atoms with van der Waals surface area (Å²) in [4.78, 5) is 12.2. The molecule has 0 aliphatic carbocycles. The summed E-state index contributed by atoms with van der Waals surface area (Å²) in [5.74, 6) is -0.266. The van der Waals surface area contributed by atoms with Gasteiger partial charge in [-0.25, -0.2) is 8.42 Å². The predicted octanol–water partition coefficient (Wildman–Crippen LogP) is 4.09. The fourth-order valence-corrected chi connectivity index (χ4v) is 6.28. The molecule has 2 N–H and O–H groups in total. The van der Waals surface area contributed by atoms with Gasteiger partial charge in [0.1, 0.15) is 5.75 Å². The van der Waals surface area contributed by atoms with E-state index >= 15 is 0 Å². The van der Waals surface area contributed by atoms with Crippen LogP contribution in [0.3, 0.4) is 0 Å². The number of aryl methyl sites for hydroxylation is 1. The molecular weight excluding hydrogens is 450 g/mol. The number of hydrogen-bond donors (Lipinski definition) is 1. The highest BCUT2D eigenvalue weighted by molar-refractivity contribution is 7.93. The summed E-state index contributed by atoms with van der Waals surface area (Å²) in [6, 6.07) is 22.8. The Morgan fingerprint density at radius 2 is 1.71 bits per heavy atom. The molecule has 1 aliphatic heterocycles. The molecule has 34 heavy (non-hydrogen) atoms. The zero-order valence-electron chi connectivity index (χ0n) is 19.2. The average Bonchev–Trinajstić information content (AvgIpc) is 2.85. The molecule has 1 saturated heterocycles. The van der Waals surface area contributed by atoms with Crippen LogP contribution < -0.4 is 10.5 Å². The predicted molar refractivity (Wildman–Crippen MR) is 131 cm³/mol. The molecular formula is C27H29NO5S. The highest BCUT2D eigenvalue weighted by atomic mass is 32.2. The lowest BCUT2D eigenvalue weighted by Gasteiger charge is -2.33. The van der Waals surface area contributed by atoms with Crippen molar-refractivity contribution in [3.8, 4) is 16.9 Å². The smallest absolute Gasteiger partial charge is 0.239 e. The Balaban J connectivity index is 1.42. The van der Waals surface area contributed by atoms with E-state index in [2.05, 4.69) is 37.3 Å². The second-order valence-corrected chi connectivity index (χ2v) is 10.8. The largest absolute Gasteiger partial charge is 0.493 e. The van der Waals surface area contributed by atoms with Crippen molar-refractivity contribution in [2.45, 2.75) is 35.8 Å². The molecule has 1 aliphatic rings. The Kier molecular flexibility index (Phi) is 7.05. The van der Waals surface area contributed by atoms with E-state index in [0.717, 1.165) is 5.56 Å². The first kappa shape index (κ1) is 24.0. The number of amides is 1. The maximum absolute atomic E-state index is 13.2. The summed E-state index contributed by atoms with van der Waals surface area (Å²) >= 11 is 0. The molecule has 0 spiro atoms. The SMILES string of the molecule is Cc1ccccc1-c1cccc(CCOc2ccc(S(=O)(=O)C3(C(N)=O)CCOCC3)cc2)c1. The van der Waals surface area contributed by atoms with Crippen LogP contribution >= 0.6 is 0 Å². The lowest BCUT2D eigenvalue weighted by atomic mass is 9.98. The number of ether oxygens (including phenoxy) is 2. The van der Waals surface area contributed by atoms with Gasteiger partial charge in [0.2, 0.25) is 5.91 Å². The van der Waals surface area contributed by atoms with Gasteiger partial charge in [-0.15, -0.1) is 0 Å². The van der Waals surface area contributed by atoms with Crippen LogP contribution in [0.25, 0.3) is 11.1 Å². The van der Waals surface area contributed by atoms with Crippen molar-refractivity contribution in [1.29, 1.82) is 0 Å². The van der Waals surface area contributed by atoms with Crippen LogP contribution in [0.15, 0.2) is 77.7 Å². The van der Waals surface area contributed by atoms with Gasteiger partial charge in [0.15, 0.2) is 14.6 Å². The van der Waals surface area contributed by atoms with E-state index < -0.39 is 20.5 Å². The molecule has 0 saturated carbocycles. The number of carbonyl (C=O) groups is 1. The number of primary amides is 1. The zero-order chi connectivity index (χ0) is 24.2. The third kappa shape index (κ3) is 4.72. The van der Waals surface area contributed by atoms with Crippen LogP contribution in [0.4, 0.5) is 0 Å². The van der Waals surface area contributed by atoms with E-state index in [9.17, 15) is 13.2 Å². The number of sulfone groups is 1. The molecule has 178 valence electrons. The molecule has 3 aromatic carbocycles. The van der Waals surface area contributed by atoms with Gasteiger partial charge in [0.25, 0.3) is 0 Å². The quantitative estimate of drug-likeness (QED) is 0.525. The van der Waals surface area contributed by atoms with Crippen LogP contribution in [0.1, 0.15) is 24.0 Å². The maximum atomic E-state index is 13.2. The van der Waals surface area contributed by atoms with Crippen molar-refractivity contribution in [2.24, 2.45) is 5.73 Å². The Labute approximate surface area is 200 Å². The Bertz CT molecular complexity index is 1260. The van der Waals surface area contributed by atoms with Gasteiger partial charge in [-0.05, 0) is 66.3 Å². The molecule has 1 amide bonds. The standard InChI is InChI=1S/C27H29NO5S/c1-20-5-2-3-8-25(20)22-7-4-6-21(19-22)13-16-33-23-9-11-24(12-10-23)34(30,31)27(26(28)29)14-17-32-18-15-27/h2-12,19H,13-18H2,1H3,(H2,28,29). The lowest BCUT2D eigenvalue weighted by molar-refractivity contribution is -0.122. The summed E-state index contributed by atoms with van der Waals surface area (Å²) in [5.41, 5.74) is 10.3. The summed E-state index contributed by atoms with van der Waals surface area (Å²) < 4.78 is 36.0. The van der Waals surface area contributed by atoms with Crippen molar-refractivity contribution in [2.75, 3.05) is 19.8 Å².